The molecule has 1 fully saturated rings. The van der Waals surface area contributed by atoms with Gasteiger partial charge in [-0.3, -0.25) is 11.3 Å². The summed E-state index contributed by atoms with van der Waals surface area (Å²) in [6.45, 7) is 1.88. The van der Waals surface area contributed by atoms with E-state index in [0.717, 1.165) is 12.8 Å². The Balaban J connectivity index is 1.89. The van der Waals surface area contributed by atoms with Crippen LogP contribution < -0.4 is 11.3 Å². The molecule has 90 valence electrons. The zero-order chi connectivity index (χ0) is 12.1. The Bertz CT molecular complexity index is 402. The molecule has 3 atom stereocenters. The number of nitrogens with one attached hydrogen (secondary N) is 1. The van der Waals surface area contributed by atoms with E-state index in [0.29, 0.717) is 17.9 Å². The van der Waals surface area contributed by atoms with E-state index in [4.69, 9.17) is 5.84 Å². The number of hydrazine groups is 1. The van der Waals surface area contributed by atoms with Crippen LogP contribution in [0.25, 0.3) is 0 Å². The summed E-state index contributed by atoms with van der Waals surface area (Å²) in [5.41, 5.74) is 4.40. The number of benzene rings is 1. The summed E-state index contributed by atoms with van der Waals surface area (Å²) >= 11 is 0. The van der Waals surface area contributed by atoms with E-state index in [-0.39, 0.29) is 0 Å². The Morgan fingerprint density at radius 1 is 1.41 bits per heavy atom. The van der Waals surface area contributed by atoms with Gasteiger partial charge in [-0.05, 0) is 37.2 Å². The highest BCUT2D eigenvalue weighted by molar-refractivity contribution is 5.26. The molecule has 17 heavy (non-hydrogen) atoms. The summed E-state index contributed by atoms with van der Waals surface area (Å²) in [4.78, 5) is 0. The largest absolute Gasteiger partial charge is 0.271 e. The van der Waals surface area contributed by atoms with Crippen molar-refractivity contribution in [2.75, 3.05) is 0 Å². The first-order chi connectivity index (χ1) is 8.36. The highest BCUT2D eigenvalue weighted by Gasteiger charge is 2.42. The molecule has 0 amide bonds. The summed E-state index contributed by atoms with van der Waals surface area (Å²) in [6.07, 6.45) is 3.23. The van der Waals surface area contributed by atoms with Gasteiger partial charge in [-0.25, -0.2) is 0 Å². The topological polar surface area (TPSA) is 38.0 Å². The maximum absolute atomic E-state index is 5.64. The third kappa shape index (κ3) is 3.09. The van der Waals surface area contributed by atoms with Gasteiger partial charge < -0.3 is 0 Å². The van der Waals surface area contributed by atoms with E-state index in [1.54, 1.807) is 0 Å². The molecule has 2 rings (SSSR count). The molecule has 1 aromatic carbocycles. The molecule has 0 radical (unpaired) electrons. The highest BCUT2D eigenvalue weighted by atomic mass is 15.2. The lowest BCUT2D eigenvalue weighted by Gasteiger charge is -2.14. The summed E-state index contributed by atoms with van der Waals surface area (Å²) in [5.74, 6) is 13.0. The standard InChI is InChI=1S/C15H20N2/c1-2-3-5-10-15(17-16)14-11-13(14)12-8-6-4-7-9-12/h4,6-9,13-15,17H,5,10-11,16H2,1H3. The maximum atomic E-state index is 5.64. The summed E-state index contributed by atoms with van der Waals surface area (Å²) in [5, 5.41) is 0. The lowest BCUT2D eigenvalue weighted by molar-refractivity contribution is 0.443. The molecular formula is C15H20N2. The summed E-state index contributed by atoms with van der Waals surface area (Å²) in [7, 11) is 0. The van der Waals surface area contributed by atoms with Crippen LogP contribution in [0.2, 0.25) is 0 Å². The molecule has 0 spiro atoms. The molecule has 0 heterocycles. The van der Waals surface area contributed by atoms with Crippen LogP contribution in [0.1, 0.15) is 37.7 Å². The van der Waals surface area contributed by atoms with Gasteiger partial charge in [0.2, 0.25) is 0 Å². The molecule has 1 aromatic rings. The molecule has 2 nitrogen and oxygen atoms in total. The predicted octanol–water partition coefficient (Wildman–Crippen LogP) is 2.43. The van der Waals surface area contributed by atoms with Gasteiger partial charge in [0.05, 0.1) is 0 Å². The summed E-state index contributed by atoms with van der Waals surface area (Å²) < 4.78 is 0. The molecule has 0 aromatic heterocycles. The van der Waals surface area contributed by atoms with Crippen molar-refractivity contribution in [3.8, 4) is 11.8 Å². The lowest BCUT2D eigenvalue weighted by Crippen LogP contribution is -2.37. The van der Waals surface area contributed by atoms with Gasteiger partial charge in [-0.1, -0.05) is 30.3 Å². The van der Waals surface area contributed by atoms with Gasteiger partial charge in [-0.2, -0.15) is 0 Å². The van der Waals surface area contributed by atoms with Crippen LogP contribution in [0, 0.1) is 17.8 Å². The molecule has 1 aliphatic rings. The number of nitrogens with two attached hydrogens (primary N) is 1. The quantitative estimate of drug-likeness (QED) is 0.461. The summed E-state index contributed by atoms with van der Waals surface area (Å²) in [6, 6.07) is 11.1. The average Bonchev–Trinajstić information content (AvgIpc) is 3.16. The highest BCUT2D eigenvalue weighted by Crippen LogP contribution is 2.50. The maximum Gasteiger partial charge on any atom is 0.0253 e. The fraction of sp³-hybridized carbons (Fsp3) is 0.467. The second kappa shape index (κ2) is 5.86. The van der Waals surface area contributed by atoms with Crippen LogP contribution in [0.3, 0.4) is 0 Å². The molecule has 0 aliphatic heterocycles. The molecule has 3 N–H and O–H groups in total. The van der Waals surface area contributed by atoms with Gasteiger partial charge in [0.1, 0.15) is 0 Å². The Kier molecular flexibility index (Phi) is 4.19. The molecule has 1 aliphatic carbocycles. The van der Waals surface area contributed by atoms with Crippen LogP contribution in [0.4, 0.5) is 0 Å². The molecule has 0 saturated heterocycles. The molecule has 1 saturated carbocycles. The van der Waals surface area contributed by atoms with Crippen LogP contribution in [0.15, 0.2) is 30.3 Å². The van der Waals surface area contributed by atoms with Crippen molar-refractivity contribution in [3.05, 3.63) is 35.9 Å². The third-order valence-electron chi connectivity index (χ3n) is 3.56. The third-order valence-corrected chi connectivity index (χ3v) is 3.56. The fourth-order valence-corrected chi connectivity index (χ4v) is 2.52. The molecule has 2 heteroatoms. The minimum absolute atomic E-state index is 0.404. The minimum Gasteiger partial charge on any atom is -0.271 e. The van der Waals surface area contributed by atoms with Crippen molar-refractivity contribution in [2.24, 2.45) is 11.8 Å². The van der Waals surface area contributed by atoms with Crippen molar-refractivity contribution in [1.29, 1.82) is 0 Å². The van der Waals surface area contributed by atoms with E-state index < -0.39 is 0 Å². The Labute approximate surface area is 104 Å². The van der Waals surface area contributed by atoms with E-state index in [2.05, 4.69) is 47.6 Å². The van der Waals surface area contributed by atoms with E-state index in [1.165, 1.54) is 12.0 Å². The first-order valence-electron chi connectivity index (χ1n) is 6.27. The van der Waals surface area contributed by atoms with Gasteiger partial charge in [0.25, 0.3) is 0 Å². The number of hydrogen-bond acceptors (Lipinski definition) is 2. The van der Waals surface area contributed by atoms with Gasteiger partial charge in [0.15, 0.2) is 0 Å². The first-order valence-corrected chi connectivity index (χ1v) is 6.27. The molecular weight excluding hydrogens is 208 g/mol. The van der Waals surface area contributed by atoms with Crippen LogP contribution in [-0.2, 0) is 0 Å². The van der Waals surface area contributed by atoms with E-state index >= 15 is 0 Å². The van der Waals surface area contributed by atoms with Crippen molar-refractivity contribution < 1.29 is 0 Å². The zero-order valence-electron chi connectivity index (χ0n) is 10.3. The van der Waals surface area contributed by atoms with E-state index in [1.807, 2.05) is 6.92 Å². The van der Waals surface area contributed by atoms with Crippen molar-refractivity contribution in [2.45, 2.75) is 38.1 Å². The van der Waals surface area contributed by atoms with Crippen molar-refractivity contribution in [1.82, 2.24) is 5.43 Å². The van der Waals surface area contributed by atoms with Crippen molar-refractivity contribution >= 4 is 0 Å². The Hall–Kier alpha value is -1.30. The fourth-order valence-electron chi connectivity index (χ4n) is 2.52. The molecule has 0 bridgehead atoms. The SMILES string of the molecule is CC#CCCC(NN)C1CC1c1ccccc1. The monoisotopic (exact) mass is 228 g/mol. The minimum atomic E-state index is 0.404. The van der Waals surface area contributed by atoms with Gasteiger partial charge >= 0.3 is 0 Å². The van der Waals surface area contributed by atoms with Crippen LogP contribution in [-0.4, -0.2) is 6.04 Å². The number of rotatable bonds is 5. The first kappa shape index (κ1) is 12.2. The predicted molar refractivity (Wildman–Crippen MR) is 71.1 cm³/mol. The molecule has 3 unspecified atom stereocenters. The van der Waals surface area contributed by atoms with Gasteiger partial charge in [0, 0.05) is 12.5 Å². The Morgan fingerprint density at radius 3 is 2.82 bits per heavy atom. The van der Waals surface area contributed by atoms with Crippen molar-refractivity contribution in [3.63, 3.8) is 0 Å². The number of hydrogen-bond donors (Lipinski definition) is 2. The van der Waals surface area contributed by atoms with Crippen LogP contribution in [0.5, 0.6) is 0 Å². The van der Waals surface area contributed by atoms with E-state index in [9.17, 15) is 0 Å². The van der Waals surface area contributed by atoms with Crippen LogP contribution >= 0.6 is 0 Å². The normalized spacial score (nSPS) is 23.6. The lowest BCUT2D eigenvalue weighted by atomic mass is 10.0. The second-order valence-corrected chi connectivity index (χ2v) is 4.66. The second-order valence-electron chi connectivity index (χ2n) is 4.66. The van der Waals surface area contributed by atoms with Gasteiger partial charge in [-0.15, -0.1) is 11.8 Å². The average molecular weight is 228 g/mol. The zero-order valence-corrected chi connectivity index (χ0v) is 10.3. The Morgan fingerprint density at radius 2 is 2.18 bits per heavy atom. The smallest absolute Gasteiger partial charge is 0.0253 e.